The van der Waals surface area contributed by atoms with Gasteiger partial charge in [0, 0.05) is 13.7 Å². The molecule has 3 nitrogen and oxygen atoms in total. The molecule has 102 valence electrons. The molecule has 0 unspecified atom stereocenters. The van der Waals surface area contributed by atoms with Crippen LogP contribution >= 0.6 is 11.6 Å². The van der Waals surface area contributed by atoms with Gasteiger partial charge in [0.05, 0.1) is 28.9 Å². The molecule has 0 fully saturated rings. The van der Waals surface area contributed by atoms with E-state index in [0.29, 0.717) is 23.7 Å². The van der Waals surface area contributed by atoms with Crippen molar-refractivity contribution in [3.63, 3.8) is 0 Å². The molecule has 0 aromatic heterocycles. The zero-order chi connectivity index (χ0) is 14.4. The van der Waals surface area contributed by atoms with Crippen molar-refractivity contribution in [2.45, 2.75) is 13.2 Å². The van der Waals surface area contributed by atoms with Gasteiger partial charge in [-0.05, 0) is 29.3 Å². The maximum absolute atomic E-state index is 8.90. The van der Waals surface area contributed by atoms with Gasteiger partial charge in [0.1, 0.15) is 0 Å². The summed E-state index contributed by atoms with van der Waals surface area (Å²) < 4.78 is 5.12. The summed E-state index contributed by atoms with van der Waals surface area (Å²) in [5, 5.41) is 12.8. The molecule has 0 radical (unpaired) electrons. The molecule has 1 N–H and O–H groups in total. The number of methoxy groups -OCH3 is 1. The normalized spacial score (nSPS) is 10.1. The van der Waals surface area contributed by atoms with Crippen LogP contribution in [0.15, 0.2) is 42.5 Å². The number of hydrogen-bond donors (Lipinski definition) is 1. The average Bonchev–Trinajstić information content (AvgIpc) is 2.47. The Morgan fingerprint density at radius 1 is 1.20 bits per heavy atom. The number of nitrogens with one attached hydrogen (secondary N) is 1. The van der Waals surface area contributed by atoms with Gasteiger partial charge in [0.25, 0.3) is 0 Å². The minimum Gasteiger partial charge on any atom is -0.380 e. The second kappa shape index (κ2) is 6.95. The number of anilines is 1. The van der Waals surface area contributed by atoms with Gasteiger partial charge >= 0.3 is 0 Å². The van der Waals surface area contributed by atoms with Crippen molar-refractivity contribution in [3.8, 4) is 6.07 Å². The average molecular weight is 287 g/mol. The van der Waals surface area contributed by atoms with Crippen molar-refractivity contribution in [1.29, 1.82) is 5.26 Å². The topological polar surface area (TPSA) is 45.0 Å². The number of halogens is 1. The van der Waals surface area contributed by atoms with Crippen LogP contribution in [-0.4, -0.2) is 7.11 Å². The van der Waals surface area contributed by atoms with E-state index in [0.717, 1.165) is 16.8 Å². The standard InChI is InChI=1S/C16H15ClN2O/c1-20-11-14-4-2-3-13(7-14)10-19-16-8-12(9-18)5-6-15(16)17/h2-8,19H,10-11H2,1H3. The minimum atomic E-state index is 0.588. The molecule has 0 aliphatic rings. The number of hydrogen-bond acceptors (Lipinski definition) is 3. The summed E-state index contributed by atoms with van der Waals surface area (Å²) in [5.41, 5.74) is 3.62. The van der Waals surface area contributed by atoms with E-state index in [2.05, 4.69) is 17.5 Å². The Balaban J connectivity index is 2.09. The molecule has 2 aromatic rings. The zero-order valence-electron chi connectivity index (χ0n) is 11.2. The quantitative estimate of drug-likeness (QED) is 0.904. The SMILES string of the molecule is COCc1cccc(CNc2cc(C#N)ccc2Cl)c1. The number of nitrogens with zero attached hydrogens (tertiary/aromatic N) is 1. The van der Waals surface area contributed by atoms with E-state index in [1.54, 1.807) is 25.3 Å². The first-order valence-corrected chi connectivity index (χ1v) is 6.61. The third-order valence-electron chi connectivity index (χ3n) is 2.88. The minimum absolute atomic E-state index is 0.588. The summed E-state index contributed by atoms with van der Waals surface area (Å²) in [6.45, 7) is 1.24. The molecule has 0 saturated carbocycles. The summed E-state index contributed by atoms with van der Waals surface area (Å²) in [7, 11) is 1.68. The van der Waals surface area contributed by atoms with Gasteiger partial charge in [0.2, 0.25) is 0 Å². The molecule has 2 rings (SSSR count). The molecule has 20 heavy (non-hydrogen) atoms. The molecule has 0 bridgehead atoms. The first kappa shape index (κ1) is 14.4. The van der Waals surface area contributed by atoms with E-state index in [-0.39, 0.29) is 0 Å². The lowest BCUT2D eigenvalue weighted by Crippen LogP contribution is -2.01. The fraction of sp³-hybridized carbons (Fsp3) is 0.188. The predicted molar refractivity (Wildman–Crippen MR) is 80.6 cm³/mol. The van der Waals surface area contributed by atoms with Crippen molar-refractivity contribution in [2.75, 3.05) is 12.4 Å². The van der Waals surface area contributed by atoms with E-state index in [9.17, 15) is 0 Å². The Bertz CT molecular complexity index is 635. The second-order valence-corrected chi connectivity index (χ2v) is 4.82. The molecule has 0 heterocycles. The van der Waals surface area contributed by atoms with E-state index < -0.39 is 0 Å². The Kier molecular flexibility index (Phi) is 5.00. The zero-order valence-corrected chi connectivity index (χ0v) is 11.9. The van der Waals surface area contributed by atoms with Gasteiger partial charge in [0.15, 0.2) is 0 Å². The summed E-state index contributed by atoms with van der Waals surface area (Å²) in [6.07, 6.45) is 0. The third kappa shape index (κ3) is 3.74. The molecule has 0 saturated heterocycles. The smallest absolute Gasteiger partial charge is 0.0992 e. The maximum Gasteiger partial charge on any atom is 0.0992 e. The summed E-state index contributed by atoms with van der Waals surface area (Å²) >= 11 is 6.11. The molecule has 0 aliphatic carbocycles. The highest BCUT2D eigenvalue weighted by molar-refractivity contribution is 6.33. The summed E-state index contributed by atoms with van der Waals surface area (Å²) in [6, 6.07) is 15.4. The fourth-order valence-corrected chi connectivity index (χ4v) is 2.11. The number of rotatable bonds is 5. The van der Waals surface area contributed by atoms with E-state index in [4.69, 9.17) is 21.6 Å². The van der Waals surface area contributed by atoms with Gasteiger partial charge < -0.3 is 10.1 Å². The lowest BCUT2D eigenvalue weighted by molar-refractivity contribution is 0.185. The molecule has 0 amide bonds. The largest absolute Gasteiger partial charge is 0.380 e. The number of ether oxygens (including phenoxy) is 1. The van der Waals surface area contributed by atoms with Crippen LogP contribution in [0, 0.1) is 11.3 Å². The summed E-state index contributed by atoms with van der Waals surface area (Å²) in [5.74, 6) is 0. The van der Waals surface area contributed by atoms with Crippen LogP contribution in [0.2, 0.25) is 5.02 Å². The van der Waals surface area contributed by atoms with Crippen molar-refractivity contribution < 1.29 is 4.74 Å². The van der Waals surface area contributed by atoms with Crippen LogP contribution in [0.3, 0.4) is 0 Å². The van der Waals surface area contributed by atoms with Gasteiger partial charge in [-0.25, -0.2) is 0 Å². The molecule has 0 spiro atoms. The molecular formula is C16H15ClN2O. The van der Waals surface area contributed by atoms with Gasteiger partial charge in [-0.3, -0.25) is 0 Å². The third-order valence-corrected chi connectivity index (χ3v) is 3.21. The van der Waals surface area contributed by atoms with Crippen LogP contribution < -0.4 is 5.32 Å². The first-order valence-electron chi connectivity index (χ1n) is 6.23. The monoisotopic (exact) mass is 286 g/mol. The van der Waals surface area contributed by atoms with Crippen LogP contribution in [0.1, 0.15) is 16.7 Å². The molecular weight excluding hydrogens is 272 g/mol. The van der Waals surface area contributed by atoms with Gasteiger partial charge in [-0.15, -0.1) is 0 Å². The highest BCUT2D eigenvalue weighted by atomic mass is 35.5. The second-order valence-electron chi connectivity index (χ2n) is 4.41. The number of benzene rings is 2. The molecule has 2 aromatic carbocycles. The Hall–Kier alpha value is -2.02. The van der Waals surface area contributed by atoms with Crippen molar-refractivity contribution in [3.05, 3.63) is 64.2 Å². The van der Waals surface area contributed by atoms with Crippen molar-refractivity contribution in [1.82, 2.24) is 0 Å². The van der Waals surface area contributed by atoms with E-state index in [1.807, 2.05) is 18.2 Å². The van der Waals surface area contributed by atoms with Crippen LogP contribution in [-0.2, 0) is 17.9 Å². The lowest BCUT2D eigenvalue weighted by atomic mass is 10.1. The highest BCUT2D eigenvalue weighted by Crippen LogP contribution is 2.23. The van der Waals surface area contributed by atoms with Crippen molar-refractivity contribution >= 4 is 17.3 Å². The summed E-state index contributed by atoms with van der Waals surface area (Å²) in [4.78, 5) is 0. The van der Waals surface area contributed by atoms with Gasteiger partial charge in [-0.1, -0.05) is 35.9 Å². The Labute approximate surface area is 123 Å². The first-order chi connectivity index (χ1) is 9.72. The van der Waals surface area contributed by atoms with Crippen LogP contribution in [0.5, 0.6) is 0 Å². The molecule has 0 aliphatic heterocycles. The molecule has 0 atom stereocenters. The Morgan fingerprint density at radius 3 is 2.75 bits per heavy atom. The highest BCUT2D eigenvalue weighted by Gasteiger charge is 2.02. The van der Waals surface area contributed by atoms with Crippen LogP contribution in [0.4, 0.5) is 5.69 Å². The maximum atomic E-state index is 8.90. The van der Waals surface area contributed by atoms with E-state index in [1.165, 1.54) is 0 Å². The Morgan fingerprint density at radius 2 is 2.00 bits per heavy atom. The van der Waals surface area contributed by atoms with Crippen LogP contribution in [0.25, 0.3) is 0 Å². The molecule has 4 heteroatoms. The lowest BCUT2D eigenvalue weighted by Gasteiger charge is -2.10. The predicted octanol–water partition coefficient (Wildman–Crippen LogP) is 3.97. The van der Waals surface area contributed by atoms with Crippen molar-refractivity contribution in [2.24, 2.45) is 0 Å². The fourth-order valence-electron chi connectivity index (χ4n) is 1.92. The van der Waals surface area contributed by atoms with Gasteiger partial charge in [-0.2, -0.15) is 5.26 Å². The number of nitriles is 1. The van der Waals surface area contributed by atoms with E-state index >= 15 is 0 Å².